The average Bonchev–Trinajstić information content (AvgIpc) is 3.11. The molecule has 0 aliphatic rings. The van der Waals surface area contributed by atoms with E-state index >= 15 is 0 Å². The SMILES string of the molecule is O=C(Nc1ccccc1-c1nc2ncccc2[nH]1)c1cccc(OC(F)(F)F)c1. The molecule has 0 bridgehead atoms. The lowest BCUT2D eigenvalue weighted by Crippen LogP contribution is -2.18. The van der Waals surface area contributed by atoms with Crippen molar-refractivity contribution in [3.63, 3.8) is 0 Å². The number of fused-ring (bicyclic) bond motifs is 1. The highest BCUT2D eigenvalue weighted by Gasteiger charge is 2.31. The zero-order valence-corrected chi connectivity index (χ0v) is 14.7. The van der Waals surface area contributed by atoms with Crippen LogP contribution in [0.2, 0.25) is 0 Å². The molecule has 29 heavy (non-hydrogen) atoms. The first-order chi connectivity index (χ1) is 13.9. The number of nitrogens with one attached hydrogen (secondary N) is 2. The molecule has 2 aromatic carbocycles. The molecule has 0 unspecified atom stereocenters. The third kappa shape index (κ3) is 4.18. The van der Waals surface area contributed by atoms with Gasteiger partial charge in [-0.25, -0.2) is 9.97 Å². The number of pyridine rings is 1. The van der Waals surface area contributed by atoms with Crippen molar-refractivity contribution in [2.24, 2.45) is 0 Å². The molecule has 2 N–H and O–H groups in total. The number of halogens is 3. The van der Waals surface area contributed by atoms with Crippen LogP contribution in [0, 0.1) is 0 Å². The summed E-state index contributed by atoms with van der Waals surface area (Å²) < 4.78 is 41.1. The Bertz CT molecular complexity index is 1150. The fourth-order valence-electron chi connectivity index (χ4n) is 2.80. The van der Waals surface area contributed by atoms with Gasteiger partial charge in [-0.05, 0) is 42.5 Å². The minimum absolute atomic E-state index is 0.0211. The van der Waals surface area contributed by atoms with E-state index in [2.05, 4.69) is 25.0 Å². The van der Waals surface area contributed by atoms with E-state index in [1.807, 2.05) is 6.07 Å². The first-order valence-corrected chi connectivity index (χ1v) is 8.46. The van der Waals surface area contributed by atoms with Crippen molar-refractivity contribution in [1.29, 1.82) is 0 Å². The number of carbonyl (C=O) groups is 1. The Labute approximate surface area is 162 Å². The lowest BCUT2D eigenvalue weighted by atomic mass is 10.1. The number of benzene rings is 2. The second kappa shape index (κ2) is 7.27. The average molecular weight is 398 g/mol. The summed E-state index contributed by atoms with van der Waals surface area (Å²) >= 11 is 0. The molecule has 146 valence electrons. The van der Waals surface area contributed by atoms with Gasteiger partial charge in [0.1, 0.15) is 11.6 Å². The lowest BCUT2D eigenvalue weighted by Gasteiger charge is -2.11. The molecule has 0 atom stereocenters. The van der Waals surface area contributed by atoms with Gasteiger partial charge in [-0.15, -0.1) is 13.2 Å². The molecule has 0 aliphatic carbocycles. The molecule has 0 saturated carbocycles. The van der Waals surface area contributed by atoms with Gasteiger partial charge in [0.2, 0.25) is 0 Å². The van der Waals surface area contributed by atoms with Gasteiger partial charge in [-0.1, -0.05) is 18.2 Å². The Morgan fingerprint density at radius 1 is 1.03 bits per heavy atom. The van der Waals surface area contributed by atoms with Crippen LogP contribution >= 0.6 is 0 Å². The Hall–Kier alpha value is -3.88. The monoisotopic (exact) mass is 398 g/mol. The Morgan fingerprint density at radius 2 is 1.86 bits per heavy atom. The van der Waals surface area contributed by atoms with Gasteiger partial charge in [0.15, 0.2) is 5.65 Å². The number of hydrogen-bond donors (Lipinski definition) is 2. The van der Waals surface area contributed by atoms with Crippen molar-refractivity contribution in [3.8, 4) is 17.1 Å². The molecule has 9 heteroatoms. The van der Waals surface area contributed by atoms with Gasteiger partial charge >= 0.3 is 6.36 Å². The lowest BCUT2D eigenvalue weighted by molar-refractivity contribution is -0.274. The molecule has 1 amide bonds. The third-order valence-corrected chi connectivity index (χ3v) is 4.02. The summed E-state index contributed by atoms with van der Waals surface area (Å²) in [5, 5.41) is 2.70. The fourth-order valence-corrected chi connectivity index (χ4v) is 2.80. The number of nitrogens with zero attached hydrogens (tertiary/aromatic N) is 2. The van der Waals surface area contributed by atoms with E-state index in [0.29, 0.717) is 22.7 Å². The van der Waals surface area contributed by atoms with Crippen molar-refractivity contribution in [1.82, 2.24) is 15.0 Å². The second-order valence-electron chi connectivity index (χ2n) is 6.04. The second-order valence-corrected chi connectivity index (χ2v) is 6.04. The largest absolute Gasteiger partial charge is 0.573 e. The van der Waals surface area contributed by atoms with E-state index < -0.39 is 18.0 Å². The topological polar surface area (TPSA) is 79.9 Å². The van der Waals surface area contributed by atoms with Crippen molar-refractivity contribution in [3.05, 3.63) is 72.4 Å². The number of ether oxygens (including phenoxy) is 1. The maximum absolute atomic E-state index is 12.6. The molecular formula is C20H13F3N4O2. The molecule has 0 saturated heterocycles. The minimum Gasteiger partial charge on any atom is -0.406 e. The Morgan fingerprint density at radius 3 is 2.66 bits per heavy atom. The Kier molecular flexibility index (Phi) is 4.63. The summed E-state index contributed by atoms with van der Waals surface area (Å²) in [4.78, 5) is 24.3. The zero-order valence-electron chi connectivity index (χ0n) is 14.7. The maximum atomic E-state index is 12.6. The summed E-state index contributed by atoms with van der Waals surface area (Å²) in [6.07, 6.45) is -3.21. The number of aromatic amines is 1. The predicted molar refractivity (Wildman–Crippen MR) is 100 cm³/mol. The van der Waals surface area contributed by atoms with Gasteiger partial charge < -0.3 is 15.0 Å². The third-order valence-electron chi connectivity index (χ3n) is 4.02. The molecule has 4 rings (SSSR count). The number of carbonyl (C=O) groups excluding carboxylic acids is 1. The zero-order chi connectivity index (χ0) is 20.4. The van der Waals surface area contributed by atoms with Crippen molar-refractivity contribution < 1.29 is 22.7 Å². The fraction of sp³-hybridized carbons (Fsp3) is 0.0500. The van der Waals surface area contributed by atoms with Gasteiger partial charge in [0.25, 0.3) is 5.91 Å². The number of imidazole rings is 1. The Balaban J connectivity index is 1.62. The quantitative estimate of drug-likeness (QED) is 0.519. The first-order valence-electron chi connectivity index (χ1n) is 8.46. The summed E-state index contributed by atoms with van der Waals surface area (Å²) in [5.41, 5.74) is 2.34. The highest BCUT2D eigenvalue weighted by molar-refractivity contribution is 6.06. The van der Waals surface area contributed by atoms with Crippen LogP contribution in [0.25, 0.3) is 22.6 Å². The number of amides is 1. The van der Waals surface area contributed by atoms with Crippen molar-refractivity contribution >= 4 is 22.8 Å². The molecule has 0 spiro atoms. The van der Waals surface area contributed by atoms with E-state index in [-0.39, 0.29) is 5.56 Å². The molecule has 6 nitrogen and oxygen atoms in total. The van der Waals surface area contributed by atoms with Crippen LogP contribution in [0.15, 0.2) is 66.9 Å². The first kappa shape index (κ1) is 18.5. The van der Waals surface area contributed by atoms with Gasteiger partial charge in [-0.2, -0.15) is 0 Å². The molecule has 0 aliphatic heterocycles. The van der Waals surface area contributed by atoms with Crippen LogP contribution in [0.5, 0.6) is 5.75 Å². The number of H-pyrrole nitrogens is 1. The smallest absolute Gasteiger partial charge is 0.406 e. The summed E-state index contributed by atoms with van der Waals surface area (Å²) in [7, 11) is 0. The number of para-hydroxylation sites is 1. The number of alkyl halides is 3. The molecule has 0 radical (unpaired) electrons. The van der Waals surface area contributed by atoms with Crippen LogP contribution in [0.3, 0.4) is 0 Å². The molecule has 0 fully saturated rings. The van der Waals surface area contributed by atoms with E-state index in [4.69, 9.17) is 0 Å². The van der Waals surface area contributed by atoms with Crippen LogP contribution in [0.4, 0.5) is 18.9 Å². The van der Waals surface area contributed by atoms with E-state index in [0.717, 1.165) is 17.6 Å². The van der Waals surface area contributed by atoms with Gasteiger partial charge in [0, 0.05) is 17.3 Å². The predicted octanol–water partition coefficient (Wildman–Crippen LogP) is 4.78. The summed E-state index contributed by atoms with van der Waals surface area (Å²) in [5.74, 6) is -0.551. The summed E-state index contributed by atoms with van der Waals surface area (Å²) in [6, 6.07) is 15.4. The van der Waals surface area contributed by atoms with Crippen LogP contribution in [0.1, 0.15) is 10.4 Å². The normalized spacial score (nSPS) is 11.4. The summed E-state index contributed by atoms with van der Waals surface area (Å²) in [6.45, 7) is 0. The van der Waals surface area contributed by atoms with Gasteiger partial charge in [0.05, 0.1) is 11.2 Å². The van der Waals surface area contributed by atoms with Crippen LogP contribution in [-0.2, 0) is 0 Å². The highest BCUT2D eigenvalue weighted by atomic mass is 19.4. The molecule has 2 heterocycles. The van der Waals surface area contributed by atoms with E-state index in [9.17, 15) is 18.0 Å². The molecule has 4 aromatic rings. The van der Waals surface area contributed by atoms with Gasteiger partial charge in [-0.3, -0.25) is 4.79 Å². The van der Waals surface area contributed by atoms with E-state index in [1.54, 1.807) is 36.5 Å². The standard InChI is InChI=1S/C20H13F3N4O2/c21-20(22,23)29-13-6-3-5-12(11-13)19(28)26-15-8-2-1-7-14(15)17-25-16-9-4-10-24-18(16)27-17/h1-11H,(H,26,28)(H,24,25,27). The van der Waals surface area contributed by atoms with Crippen LogP contribution in [-0.4, -0.2) is 27.2 Å². The molecular weight excluding hydrogens is 385 g/mol. The number of hydrogen-bond acceptors (Lipinski definition) is 4. The van der Waals surface area contributed by atoms with E-state index in [1.165, 1.54) is 12.1 Å². The van der Waals surface area contributed by atoms with Crippen molar-refractivity contribution in [2.75, 3.05) is 5.32 Å². The molecule has 2 aromatic heterocycles. The minimum atomic E-state index is -4.84. The number of rotatable bonds is 4. The highest BCUT2D eigenvalue weighted by Crippen LogP contribution is 2.28. The maximum Gasteiger partial charge on any atom is 0.573 e. The van der Waals surface area contributed by atoms with Crippen LogP contribution < -0.4 is 10.1 Å². The van der Waals surface area contributed by atoms with Crippen molar-refractivity contribution in [2.45, 2.75) is 6.36 Å². The number of anilines is 1. The number of aromatic nitrogens is 3.